The molecule has 0 N–H and O–H groups in total. The standard InChI is InChI=1S/C18H19N3OS2/c1-14(22)7-5-12-24-18-20-19-17(16-10-6-11-23-16)21(18)13-15-8-3-2-4-9-15/h2-4,6,8-11H,5,7,12-13H2,1H3. The Morgan fingerprint density at radius 3 is 2.71 bits per heavy atom. The predicted octanol–water partition coefficient (Wildman–Crippen LogP) is 4.52. The first-order chi connectivity index (χ1) is 11.7. The number of ketones is 1. The van der Waals surface area contributed by atoms with Gasteiger partial charge < -0.3 is 4.79 Å². The highest BCUT2D eigenvalue weighted by Crippen LogP contribution is 2.28. The molecular formula is C18H19N3OS2. The lowest BCUT2D eigenvalue weighted by molar-refractivity contribution is -0.117. The molecule has 0 saturated heterocycles. The molecule has 0 fully saturated rings. The summed E-state index contributed by atoms with van der Waals surface area (Å²) in [4.78, 5) is 12.2. The van der Waals surface area contributed by atoms with Gasteiger partial charge in [0.1, 0.15) is 5.78 Å². The van der Waals surface area contributed by atoms with Crippen LogP contribution in [0.3, 0.4) is 0 Å². The van der Waals surface area contributed by atoms with Gasteiger partial charge in [0.05, 0.1) is 11.4 Å². The van der Waals surface area contributed by atoms with Gasteiger partial charge >= 0.3 is 0 Å². The fraction of sp³-hybridized carbons (Fsp3) is 0.278. The Morgan fingerprint density at radius 1 is 1.17 bits per heavy atom. The minimum Gasteiger partial charge on any atom is -0.300 e. The Balaban J connectivity index is 1.81. The summed E-state index contributed by atoms with van der Waals surface area (Å²) in [6.07, 6.45) is 1.49. The maximum Gasteiger partial charge on any atom is 0.191 e. The third kappa shape index (κ3) is 4.33. The molecule has 0 bridgehead atoms. The molecule has 2 heterocycles. The minimum atomic E-state index is 0.237. The maximum absolute atomic E-state index is 11.1. The molecule has 0 spiro atoms. The molecule has 124 valence electrons. The third-order valence-corrected chi connectivity index (χ3v) is 5.47. The lowest BCUT2D eigenvalue weighted by Crippen LogP contribution is -2.04. The molecule has 1 aromatic carbocycles. The van der Waals surface area contributed by atoms with Crippen molar-refractivity contribution in [1.82, 2.24) is 14.8 Å². The van der Waals surface area contributed by atoms with Crippen molar-refractivity contribution in [1.29, 1.82) is 0 Å². The van der Waals surface area contributed by atoms with Crippen molar-refractivity contribution >= 4 is 28.9 Å². The van der Waals surface area contributed by atoms with E-state index in [0.717, 1.165) is 34.6 Å². The zero-order valence-electron chi connectivity index (χ0n) is 13.5. The van der Waals surface area contributed by atoms with Gasteiger partial charge in [-0.15, -0.1) is 21.5 Å². The second-order valence-corrected chi connectivity index (χ2v) is 7.52. The zero-order valence-corrected chi connectivity index (χ0v) is 15.1. The Morgan fingerprint density at radius 2 is 2.00 bits per heavy atom. The number of Topliss-reactive ketones (excluding diaryl/α,β-unsaturated/α-hetero) is 1. The molecule has 0 atom stereocenters. The average Bonchev–Trinajstić information content (AvgIpc) is 3.22. The highest BCUT2D eigenvalue weighted by Gasteiger charge is 2.15. The first-order valence-electron chi connectivity index (χ1n) is 7.87. The van der Waals surface area contributed by atoms with Crippen LogP contribution in [-0.2, 0) is 11.3 Å². The van der Waals surface area contributed by atoms with Crippen molar-refractivity contribution < 1.29 is 4.79 Å². The maximum atomic E-state index is 11.1. The van der Waals surface area contributed by atoms with Gasteiger partial charge in [-0.1, -0.05) is 48.2 Å². The van der Waals surface area contributed by atoms with Crippen molar-refractivity contribution in [2.45, 2.75) is 31.5 Å². The van der Waals surface area contributed by atoms with E-state index in [-0.39, 0.29) is 5.78 Å². The van der Waals surface area contributed by atoms with E-state index >= 15 is 0 Å². The summed E-state index contributed by atoms with van der Waals surface area (Å²) in [7, 11) is 0. The zero-order chi connectivity index (χ0) is 16.8. The molecule has 3 rings (SSSR count). The lowest BCUT2D eigenvalue weighted by atomic mass is 10.2. The number of rotatable bonds is 8. The lowest BCUT2D eigenvalue weighted by Gasteiger charge is -2.09. The van der Waals surface area contributed by atoms with Gasteiger partial charge in [0, 0.05) is 12.2 Å². The van der Waals surface area contributed by atoms with E-state index in [2.05, 4.69) is 38.3 Å². The van der Waals surface area contributed by atoms with Gasteiger partial charge in [-0.3, -0.25) is 4.57 Å². The van der Waals surface area contributed by atoms with E-state index in [9.17, 15) is 4.79 Å². The summed E-state index contributed by atoms with van der Waals surface area (Å²) in [5, 5.41) is 11.7. The number of hydrogen-bond acceptors (Lipinski definition) is 5. The van der Waals surface area contributed by atoms with E-state index in [1.54, 1.807) is 30.0 Å². The summed E-state index contributed by atoms with van der Waals surface area (Å²) >= 11 is 3.34. The minimum absolute atomic E-state index is 0.237. The highest BCUT2D eigenvalue weighted by molar-refractivity contribution is 7.99. The van der Waals surface area contributed by atoms with E-state index in [4.69, 9.17) is 0 Å². The topological polar surface area (TPSA) is 47.8 Å². The van der Waals surface area contributed by atoms with Gasteiger partial charge in [0.2, 0.25) is 0 Å². The Bertz CT molecular complexity index is 782. The number of benzene rings is 1. The first kappa shape index (κ1) is 16.9. The Kier molecular flexibility index (Phi) is 5.82. The average molecular weight is 358 g/mol. The van der Waals surface area contributed by atoms with Gasteiger partial charge in [-0.25, -0.2) is 0 Å². The molecule has 2 aromatic heterocycles. The summed E-state index contributed by atoms with van der Waals surface area (Å²) in [6.45, 7) is 2.38. The van der Waals surface area contributed by atoms with Crippen LogP contribution in [0.1, 0.15) is 25.3 Å². The molecule has 0 amide bonds. The molecule has 0 unspecified atom stereocenters. The SMILES string of the molecule is CC(=O)CCCSc1nnc(-c2cccs2)n1Cc1ccccc1. The van der Waals surface area contributed by atoms with Crippen molar-refractivity contribution in [3.63, 3.8) is 0 Å². The molecule has 0 aliphatic carbocycles. The van der Waals surface area contributed by atoms with E-state index in [1.165, 1.54) is 5.56 Å². The molecule has 3 aromatic rings. The van der Waals surface area contributed by atoms with Crippen LogP contribution in [-0.4, -0.2) is 26.3 Å². The fourth-order valence-corrected chi connectivity index (χ4v) is 3.97. The van der Waals surface area contributed by atoms with Crippen LogP contribution in [0.15, 0.2) is 53.0 Å². The first-order valence-corrected chi connectivity index (χ1v) is 9.74. The molecular weight excluding hydrogens is 338 g/mol. The number of thiophene rings is 1. The van der Waals surface area contributed by atoms with Crippen LogP contribution in [0.5, 0.6) is 0 Å². The van der Waals surface area contributed by atoms with E-state index in [1.807, 2.05) is 24.3 Å². The third-order valence-electron chi connectivity index (χ3n) is 3.55. The molecule has 0 aliphatic heterocycles. The van der Waals surface area contributed by atoms with Gasteiger partial charge in [0.25, 0.3) is 0 Å². The highest BCUT2D eigenvalue weighted by atomic mass is 32.2. The van der Waals surface area contributed by atoms with E-state index in [0.29, 0.717) is 6.42 Å². The number of carbonyl (C=O) groups is 1. The van der Waals surface area contributed by atoms with Gasteiger partial charge in [-0.2, -0.15) is 0 Å². The molecule has 0 radical (unpaired) electrons. The number of thioether (sulfide) groups is 1. The van der Waals surface area contributed by atoms with Crippen LogP contribution in [0.25, 0.3) is 10.7 Å². The smallest absolute Gasteiger partial charge is 0.191 e. The predicted molar refractivity (Wildman–Crippen MR) is 99.5 cm³/mol. The quantitative estimate of drug-likeness (QED) is 0.439. The van der Waals surface area contributed by atoms with Crippen LogP contribution in [0, 0.1) is 0 Å². The van der Waals surface area contributed by atoms with Gasteiger partial charge in [-0.05, 0) is 30.4 Å². The second-order valence-electron chi connectivity index (χ2n) is 5.51. The van der Waals surface area contributed by atoms with Crippen molar-refractivity contribution in [3.8, 4) is 10.7 Å². The fourth-order valence-electron chi connectivity index (χ4n) is 2.38. The number of carbonyl (C=O) groups excluding carboxylic acids is 1. The summed E-state index contributed by atoms with van der Waals surface area (Å²) in [5.41, 5.74) is 1.22. The Labute approximate surface area is 149 Å². The monoisotopic (exact) mass is 357 g/mol. The molecule has 0 saturated carbocycles. The summed E-state index contributed by atoms with van der Waals surface area (Å²) in [5.74, 6) is 2.01. The summed E-state index contributed by atoms with van der Waals surface area (Å²) in [6, 6.07) is 14.4. The molecule has 24 heavy (non-hydrogen) atoms. The van der Waals surface area contributed by atoms with Crippen molar-refractivity contribution in [2.24, 2.45) is 0 Å². The van der Waals surface area contributed by atoms with Crippen LogP contribution >= 0.6 is 23.1 Å². The number of aromatic nitrogens is 3. The normalized spacial score (nSPS) is 10.9. The van der Waals surface area contributed by atoms with E-state index < -0.39 is 0 Å². The van der Waals surface area contributed by atoms with Crippen molar-refractivity contribution in [3.05, 3.63) is 53.4 Å². The Hall–Kier alpha value is -1.92. The van der Waals surface area contributed by atoms with Crippen LogP contribution < -0.4 is 0 Å². The largest absolute Gasteiger partial charge is 0.300 e. The molecule has 6 heteroatoms. The van der Waals surface area contributed by atoms with Gasteiger partial charge in [0.15, 0.2) is 11.0 Å². The number of nitrogens with zero attached hydrogens (tertiary/aromatic N) is 3. The second kappa shape index (κ2) is 8.26. The van der Waals surface area contributed by atoms with Crippen LogP contribution in [0.2, 0.25) is 0 Å². The number of hydrogen-bond donors (Lipinski definition) is 0. The molecule has 4 nitrogen and oxygen atoms in total. The molecule has 0 aliphatic rings. The summed E-state index contributed by atoms with van der Waals surface area (Å²) < 4.78 is 2.17. The van der Waals surface area contributed by atoms with Crippen LogP contribution in [0.4, 0.5) is 0 Å². The van der Waals surface area contributed by atoms with Crippen molar-refractivity contribution in [2.75, 3.05) is 5.75 Å².